The first-order chi connectivity index (χ1) is 13.2. The second kappa shape index (κ2) is 9.34. The standard InChI is InChI=1S/C20H18N2O3S2/c1-26-19-15(9-5-11-21-19)20(24)25-13-17(23)22-18(16-10-6-12-27-16)14-7-3-2-4-8-14/h2-12,18H,13H2,1H3,(H,22,23)/t18-/m0/s1. The number of rotatable bonds is 7. The van der Waals surface area contributed by atoms with Gasteiger partial charge in [0.2, 0.25) is 0 Å². The third-order valence-electron chi connectivity index (χ3n) is 3.78. The summed E-state index contributed by atoms with van der Waals surface area (Å²) in [5.41, 5.74) is 1.33. The van der Waals surface area contributed by atoms with Gasteiger partial charge in [-0.05, 0) is 35.4 Å². The molecule has 0 saturated heterocycles. The third-order valence-corrected chi connectivity index (χ3v) is 5.43. The van der Waals surface area contributed by atoms with E-state index in [4.69, 9.17) is 4.74 Å². The van der Waals surface area contributed by atoms with Gasteiger partial charge in [-0.3, -0.25) is 4.79 Å². The van der Waals surface area contributed by atoms with E-state index >= 15 is 0 Å². The Kier molecular flexibility index (Phi) is 6.62. The molecule has 2 aromatic heterocycles. The van der Waals surface area contributed by atoms with Crippen molar-refractivity contribution >= 4 is 35.0 Å². The van der Waals surface area contributed by atoms with Crippen LogP contribution in [0.5, 0.6) is 0 Å². The van der Waals surface area contributed by atoms with E-state index in [1.165, 1.54) is 11.8 Å². The maximum Gasteiger partial charge on any atom is 0.341 e. The Bertz CT molecular complexity index is 899. The highest BCUT2D eigenvalue weighted by Crippen LogP contribution is 2.26. The van der Waals surface area contributed by atoms with Gasteiger partial charge in [0.15, 0.2) is 6.61 Å². The van der Waals surface area contributed by atoms with Crippen LogP contribution in [0, 0.1) is 0 Å². The number of thioether (sulfide) groups is 1. The number of pyridine rings is 1. The molecule has 0 radical (unpaired) electrons. The Morgan fingerprint density at radius 3 is 2.67 bits per heavy atom. The lowest BCUT2D eigenvalue weighted by atomic mass is 10.1. The van der Waals surface area contributed by atoms with Crippen LogP contribution in [0.4, 0.5) is 0 Å². The Hall–Kier alpha value is -2.64. The maximum absolute atomic E-state index is 12.4. The predicted octanol–water partition coefficient (Wildman–Crippen LogP) is 3.93. The van der Waals surface area contributed by atoms with Crippen LogP contribution in [0.15, 0.2) is 71.2 Å². The van der Waals surface area contributed by atoms with Crippen molar-refractivity contribution in [2.45, 2.75) is 11.1 Å². The first kappa shape index (κ1) is 19.1. The van der Waals surface area contributed by atoms with Gasteiger partial charge in [-0.1, -0.05) is 36.4 Å². The van der Waals surface area contributed by atoms with Crippen LogP contribution < -0.4 is 5.32 Å². The molecule has 5 nitrogen and oxygen atoms in total. The van der Waals surface area contributed by atoms with E-state index in [1.54, 1.807) is 29.7 Å². The average Bonchev–Trinajstić information content (AvgIpc) is 3.25. The molecule has 1 amide bonds. The van der Waals surface area contributed by atoms with E-state index in [0.717, 1.165) is 10.4 Å². The van der Waals surface area contributed by atoms with Crippen LogP contribution in [-0.2, 0) is 9.53 Å². The lowest BCUT2D eigenvalue weighted by Gasteiger charge is -2.18. The van der Waals surface area contributed by atoms with Crippen molar-refractivity contribution in [3.8, 4) is 0 Å². The molecule has 0 unspecified atom stereocenters. The molecule has 1 atom stereocenters. The SMILES string of the molecule is CSc1ncccc1C(=O)OCC(=O)N[C@@H](c1ccccc1)c1cccs1. The fraction of sp³-hybridized carbons (Fsp3) is 0.150. The number of esters is 1. The first-order valence-electron chi connectivity index (χ1n) is 8.23. The predicted molar refractivity (Wildman–Crippen MR) is 107 cm³/mol. The number of carbonyl (C=O) groups is 2. The van der Waals surface area contributed by atoms with Gasteiger partial charge in [0.05, 0.1) is 11.6 Å². The second-order valence-corrected chi connectivity index (χ2v) is 7.34. The number of nitrogens with one attached hydrogen (secondary N) is 1. The summed E-state index contributed by atoms with van der Waals surface area (Å²) in [6, 6.07) is 16.6. The van der Waals surface area contributed by atoms with Gasteiger partial charge in [-0.15, -0.1) is 23.1 Å². The number of hydrogen-bond donors (Lipinski definition) is 1. The molecule has 0 fully saturated rings. The molecule has 1 aromatic carbocycles. The van der Waals surface area contributed by atoms with Crippen molar-refractivity contribution in [3.05, 3.63) is 82.2 Å². The van der Waals surface area contributed by atoms with E-state index in [0.29, 0.717) is 10.6 Å². The van der Waals surface area contributed by atoms with E-state index < -0.39 is 5.97 Å². The highest BCUT2D eigenvalue weighted by Gasteiger charge is 2.20. The summed E-state index contributed by atoms with van der Waals surface area (Å²) in [6.45, 7) is -0.351. The number of thiophene rings is 1. The summed E-state index contributed by atoms with van der Waals surface area (Å²) in [5, 5.41) is 5.48. The van der Waals surface area contributed by atoms with E-state index in [-0.39, 0.29) is 18.6 Å². The molecule has 0 spiro atoms. The zero-order valence-electron chi connectivity index (χ0n) is 14.6. The molecule has 138 valence electrons. The molecule has 0 saturated carbocycles. The fourth-order valence-electron chi connectivity index (χ4n) is 2.54. The molecule has 3 rings (SSSR count). The molecule has 1 N–H and O–H groups in total. The number of aromatic nitrogens is 1. The Balaban J connectivity index is 1.66. The van der Waals surface area contributed by atoms with E-state index in [2.05, 4.69) is 10.3 Å². The van der Waals surface area contributed by atoms with Gasteiger partial charge in [0.25, 0.3) is 5.91 Å². The average molecular weight is 399 g/mol. The molecule has 2 heterocycles. The number of carbonyl (C=O) groups excluding carboxylic acids is 2. The molecular weight excluding hydrogens is 380 g/mol. The number of benzene rings is 1. The topological polar surface area (TPSA) is 68.3 Å². The summed E-state index contributed by atoms with van der Waals surface area (Å²) in [5.74, 6) is -0.921. The molecular formula is C20H18N2O3S2. The molecule has 3 aromatic rings. The third kappa shape index (κ3) is 4.96. The summed E-state index contributed by atoms with van der Waals surface area (Å²) in [6.07, 6.45) is 3.44. The molecule has 0 aliphatic carbocycles. The van der Waals surface area contributed by atoms with Crippen molar-refractivity contribution in [1.29, 1.82) is 0 Å². The number of nitrogens with zero attached hydrogens (tertiary/aromatic N) is 1. The summed E-state index contributed by atoms with van der Waals surface area (Å²) in [4.78, 5) is 29.8. The first-order valence-corrected chi connectivity index (χ1v) is 10.3. The van der Waals surface area contributed by atoms with Crippen molar-refractivity contribution in [2.24, 2.45) is 0 Å². The van der Waals surface area contributed by atoms with Crippen LogP contribution in [-0.4, -0.2) is 29.7 Å². The normalized spacial score (nSPS) is 11.6. The molecule has 27 heavy (non-hydrogen) atoms. The van der Waals surface area contributed by atoms with Crippen molar-refractivity contribution in [3.63, 3.8) is 0 Å². The van der Waals surface area contributed by atoms with Gasteiger partial charge in [0, 0.05) is 11.1 Å². The lowest BCUT2D eigenvalue weighted by molar-refractivity contribution is -0.124. The minimum Gasteiger partial charge on any atom is -0.452 e. The highest BCUT2D eigenvalue weighted by atomic mass is 32.2. The van der Waals surface area contributed by atoms with Gasteiger partial charge >= 0.3 is 5.97 Å². The molecule has 7 heteroatoms. The van der Waals surface area contributed by atoms with E-state index in [1.807, 2.05) is 54.1 Å². The van der Waals surface area contributed by atoms with Crippen LogP contribution in [0.2, 0.25) is 0 Å². The second-order valence-electron chi connectivity index (χ2n) is 5.56. The summed E-state index contributed by atoms with van der Waals surface area (Å²) in [7, 11) is 0. The van der Waals surface area contributed by atoms with Crippen LogP contribution in [0.25, 0.3) is 0 Å². The van der Waals surface area contributed by atoms with Crippen LogP contribution in [0.1, 0.15) is 26.8 Å². The van der Waals surface area contributed by atoms with Crippen LogP contribution in [0.3, 0.4) is 0 Å². The minimum absolute atomic E-state index is 0.280. The highest BCUT2D eigenvalue weighted by molar-refractivity contribution is 7.98. The monoisotopic (exact) mass is 398 g/mol. The molecule has 0 aliphatic rings. The van der Waals surface area contributed by atoms with Crippen molar-refractivity contribution < 1.29 is 14.3 Å². The Morgan fingerprint density at radius 1 is 1.15 bits per heavy atom. The Morgan fingerprint density at radius 2 is 1.96 bits per heavy atom. The van der Waals surface area contributed by atoms with Gasteiger partial charge < -0.3 is 10.1 Å². The molecule has 0 aliphatic heterocycles. The smallest absolute Gasteiger partial charge is 0.341 e. The fourth-order valence-corrected chi connectivity index (χ4v) is 3.88. The number of ether oxygens (including phenoxy) is 1. The van der Waals surface area contributed by atoms with Gasteiger partial charge in [-0.2, -0.15) is 0 Å². The van der Waals surface area contributed by atoms with Gasteiger partial charge in [-0.25, -0.2) is 9.78 Å². The van der Waals surface area contributed by atoms with Crippen molar-refractivity contribution in [1.82, 2.24) is 10.3 Å². The summed E-state index contributed by atoms with van der Waals surface area (Å²) < 4.78 is 5.19. The zero-order valence-corrected chi connectivity index (χ0v) is 16.3. The quantitative estimate of drug-likeness (QED) is 0.482. The number of hydrogen-bond acceptors (Lipinski definition) is 6. The lowest BCUT2D eigenvalue weighted by Crippen LogP contribution is -2.32. The maximum atomic E-state index is 12.4. The van der Waals surface area contributed by atoms with Crippen molar-refractivity contribution in [2.75, 3.05) is 12.9 Å². The largest absolute Gasteiger partial charge is 0.452 e. The van der Waals surface area contributed by atoms with Gasteiger partial charge in [0.1, 0.15) is 5.03 Å². The minimum atomic E-state index is -0.560. The van der Waals surface area contributed by atoms with E-state index in [9.17, 15) is 9.59 Å². The zero-order chi connectivity index (χ0) is 19.1. The molecule has 0 bridgehead atoms. The van der Waals surface area contributed by atoms with Crippen LogP contribution >= 0.6 is 23.1 Å². The summed E-state index contributed by atoms with van der Waals surface area (Å²) >= 11 is 2.91. The Labute approximate surface area is 165 Å². The number of amides is 1.